The van der Waals surface area contributed by atoms with Crippen molar-refractivity contribution in [3.05, 3.63) is 76.8 Å². The number of aromatic amines is 1. The summed E-state index contributed by atoms with van der Waals surface area (Å²) >= 11 is 5.85. The first-order chi connectivity index (χ1) is 12.6. The smallest absolute Gasteiger partial charge is 0.206 e. The fourth-order valence-electron chi connectivity index (χ4n) is 2.34. The van der Waals surface area contributed by atoms with Crippen LogP contribution in [0.5, 0.6) is 5.75 Å². The fourth-order valence-corrected chi connectivity index (χ4v) is 2.47. The van der Waals surface area contributed by atoms with E-state index in [4.69, 9.17) is 16.3 Å². The molecule has 132 valence electrons. The molecule has 2 aromatic carbocycles. The van der Waals surface area contributed by atoms with E-state index in [0.717, 1.165) is 11.1 Å². The summed E-state index contributed by atoms with van der Waals surface area (Å²) in [5.41, 5.74) is 1.83. The summed E-state index contributed by atoms with van der Waals surface area (Å²) in [6.45, 7) is 0.432. The van der Waals surface area contributed by atoms with Gasteiger partial charge in [-0.1, -0.05) is 35.9 Å². The highest BCUT2D eigenvalue weighted by Gasteiger charge is 2.14. The van der Waals surface area contributed by atoms with Crippen LogP contribution in [0.15, 0.2) is 54.9 Å². The highest BCUT2D eigenvalue weighted by atomic mass is 35.5. The van der Waals surface area contributed by atoms with Crippen LogP contribution in [0.25, 0.3) is 0 Å². The fraction of sp³-hybridized carbons (Fsp3) is 0.158. The molecule has 0 fully saturated rings. The Hall–Kier alpha value is -2.99. The first-order valence-electron chi connectivity index (χ1n) is 7.96. The zero-order chi connectivity index (χ0) is 18.4. The van der Waals surface area contributed by atoms with E-state index in [-0.39, 0.29) is 30.2 Å². The summed E-state index contributed by atoms with van der Waals surface area (Å²) < 4.78 is 5.70. The second kappa shape index (κ2) is 8.40. The number of hydrogen-bond acceptors (Lipinski definition) is 5. The molecule has 0 aliphatic heterocycles. The third-order valence-electron chi connectivity index (χ3n) is 3.68. The number of nitrogens with one attached hydrogen (secondary N) is 1. The van der Waals surface area contributed by atoms with Crippen molar-refractivity contribution in [3.8, 4) is 5.75 Å². The van der Waals surface area contributed by atoms with Crippen LogP contribution >= 0.6 is 11.6 Å². The number of carbonyl (C=O) groups is 2. The number of nitrogens with zero attached hydrogens (tertiary/aromatic N) is 2. The lowest BCUT2D eigenvalue weighted by Crippen LogP contribution is -2.12. The van der Waals surface area contributed by atoms with Gasteiger partial charge in [0.1, 0.15) is 24.5 Å². The van der Waals surface area contributed by atoms with Gasteiger partial charge in [0, 0.05) is 11.4 Å². The molecular formula is C19H16ClN3O3. The van der Waals surface area contributed by atoms with Crippen molar-refractivity contribution in [2.24, 2.45) is 0 Å². The molecule has 0 atom stereocenters. The highest BCUT2D eigenvalue weighted by molar-refractivity contribution is 6.30. The average molecular weight is 370 g/mol. The molecule has 7 heteroatoms. The zero-order valence-electron chi connectivity index (χ0n) is 13.8. The number of halogens is 1. The van der Waals surface area contributed by atoms with Crippen LogP contribution in [-0.4, -0.2) is 26.7 Å². The maximum absolute atomic E-state index is 12.0. The van der Waals surface area contributed by atoms with Gasteiger partial charge in [-0.05, 0) is 35.4 Å². The third kappa shape index (κ3) is 5.00. The number of H-pyrrole nitrogens is 1. The largest absolute Gasteiger partial charge is 0.489 e. The lowest BCUT2D eigenvalue weighted by molar-refractivity contribution is -0.117. The summed E-state index contributed by atoms with van der Waals surface area (Å²) in [5, 5.41) is 6.74. The Morgan fingerprint density at radius 2 is 1.69 bits per heavy atom. The average Bonchev–Trinajstić information content (AvgIpc) is 3.17. The molecule has 1 aromatic heterocycles. The molecule has 0 saturated heterocycles. The molecule has 0 aliphatic carbocycles. The second-order valence-corrected chi connectivity index (χ2v) is 6.15. The standard InChI is InChI=1S/C19H16ClN3O3/c20-15-5-1-14(2-6-15)11-26-17-7-3-13(4-8-17)9-16(24)10-18(25)19-21-12-22-23-19/h1-8,12H,9-11H2,(H,21,22,23). The van der Waals surface area contributed by atoms with Crippen molar-refractivity contribution in [1.29, 1.82) is 0 Å². The van der Waals surface area contributed by atoms with E-state index in [2.05, 4.69) is 15.2 Å². The van der Waals surface area contributed by atoms with Gasteiger partial charge in [0.25, 0.3) is 0 Å². The van der Waals surface area contributed by atoms with Gasteiger partial charge >= 0.3 is 0 Å². The number of aromatic nitrogens is 3. The second-order valence-electron chi connectivity index (χ2n) is 5.71. The molecule has 0 aliphatic rings. The SMILES string of the molecule is O=C(CC(=O)c1ncn[nH]1)Cc1ccc(OCc2ccc(Cl)cc2)cc1. The number of ketones is 2. The Kier molecular flexibility index (Phi) is 5.76. The normalized spacial score (nSPS) is 10.5. The van der Waals surface area contributed by atoms with Crippen molar-refractivity contribution in [1.82, 2.24) is 15.2 Å². The van der Waals surface area contributed by atoms with Gasteiger partial charge in [-0.3, -0.25) is 14.7 Å². The molecule has 3 rings (SSSR count). The number of Topliss-reactive ketones (excluding diaryl/α,β-unsaturated/α-hetero) is 2. The monoisotopic (exact) mass is 369 g/mol. The van der Waals surface area contributed by atoms with Crippen LogP contribution in [0, 0.1) is 0 Å². The van der Waals surface area contributed by atoms with Gasteiger partial charge in [-0.2, -0.15) is 5.10 Å². The topological polar surface area (TPSA) is 84.9 Å². The van der Waals surface area contributed by atoms with Crippen molar-refractivity contribution >= 4 is 23.2 Å². The maximum atomic E-state index is 12.0. The van der Waals surface area contributed by atoms with Gasteiger partial charge in [0.05, 0.1) is 6.42 Å². The molecule has 3 aromatic rings. The Labute approximate surface area is 155 Å². The summed E-state index contributed by atoms with van der Waals surface area (Å²) in [6, 6.07) is 14.7. The quantitative estimate of drug-likeness (QED) is 0.485. The molecule has 26 heavy (non-hydrogen) atoms. The predicted molar refractivity (Wildman–Crippen MR) is 96.3 cm³/mol. The Morgan fingerprint density at radius 3 is 2.35 bits per heavy atom. The van der Waals surface area contributed by atoms with Gasteiger partial charge < -0.3 is 4.74 Å². The van der Waals surface area contributed by atoms with Crippen molar-refractivity contribution in [2.75, 3.05) is 0 Å². The summed E-state index contributed by atoms with van der Waals surface area (Å²) in [5.74, 6) is 0.259. The molecule has 6 nitrogen and oxygen atoms in total. The molecule has 0 unspecified atom stereocenters. The number of rotatable bonds is 8. The van der Waals surface area contributed by atoms with Crippen LogP contribution in [0.4, 0.5) is 0 Å². The minimum Gasteiger partial charge on any atom is -0.489 e. The van der Waals surface area contributed by atoms with Crippen molar-refractivity contribution in [3.63, 3.8) is 0 Å². The molecule has 1 heterocycles. The van der Waals surface area contributed by atoms with Crippen molar-refractivity contribution < 1.29 is 14.3 Å². The number of hydrogen-bond donors (Lipinski definition) is 1. The first kappa shape index (κ1) is 17.8. The highest BCUT2D eigenvalue weighted by Crippen LogP contribution is 2.16. The van der Waals surface area contributed by atoms with Crippen LogP contribution in [0.1, 0.15) is 28.2 Å². The van der Waals surface area contributed by atoms with Crippen LogP contribution in [0.2, 0.25) is 5.02 Å². The van der Waals surface area contributed by atoms with E-state index in [0.29, 0.717) is 17.4 Å². The summed E-state index contributed by atoms with van der Waals surface area (Å²) in [6.07, 6.45) is 1.21. The van der Waals surface area contributed by atoms with E-state index in [1.807, 2.05) is 36.4 Å². The Morgan fingerprint density at radius 1 is 1.00 bits per heavy atom. The number of benzene rings is 2. The van der Waals surface area contributed by atoms with Gasteiger partial charge in [-0.25, -0.2) is 4.98 Å². The molecule has 0 saturated carbocycles. The minimum absolute atomic E-state index is 0.101. The van der Waals surface area contributed by atoms with Gasteiger partial charge in [-0.15, -0.1) is 0 Å². The van der Waals surface area contributed by atoms with Gasteiger partial charge in [0.15, 0.2) is 5.82 Å². The zero-order valence-corrected chi connectivity index (χ0v) is 14.6. The molecule has 0 bridgehead atoms. The molecule has 0 amide bonds. The maximum Gasteiger partial charge on any atom is 0.206 e. The van der Waals surface area contributed by atoms with E-state index in [1.165, 1.54) is 6.33 Å². The van der Waals surface area contributed by atoms with E-state index >= 15 is 0 Å². The van der Waals surface area contributed by atoms with E-state index in [9.17, 15) is 9.59 Å². The molecule has 0 spiro atoms. The van der Waals surface area contributed by atoms with Gasteiger partial charge in [0.2, 0.25) is 5.78 Å². The molecule has 1 N–H and O–H groups in total. The molecule has 0 radical (unpaired) electrons. The third-order valence-corrected chi connectivity index (χ3v) is 3.93. The Balaban J connectivity index is 1.50. The molecular weight excluding hydrogens is 354 g/mol. The summed E-state index contributed by atoms with van der Waals surface area (Å²) in [7, 11) is 0. The van der Waals surface area contributed by atoms with E-state index in [1.54, 1.807) is 12.1 Å². The number of ether oxygens (including phenoxy) is 1. The van der Waals surface area contributed by atoms with Crippen molar-refractivity contribution in [2.45, 2.75) is 19.4 Å². The lowest BCUT2D eigenvalue weighted by Gasteiger charge is -2.07. The van der Waals surface area contributed by atoms with Crippen LogP contribution < -0.4 is 4.74 Å². The lowest BCUT2D eigenvalue weighted by atomic mass is 10.0. The Bertz CT molecular complexity index is 875. The summed E-state index contributed by atoms with van der Waals surface area (Å²) in [4.78, 5) is 27.6. The van der Waals surface area contributed by atoms with E-state index < -0.39 is 0 Å². The number of carbonyl (C=O) groups excluding carboxylic acids is 2. The van der Waals surface area contributed by atoms with Crippen LogP contribution in [-0.2, 0) is 17.8 Å². The van der Waals surface area contributed by atoms with Crippen LogP contribution in [0.3, 0.4) is 0 Å². The predicted octanol–water partition coefficient (Wildman–Crippen LogP) is 3.42. The minimum atomic E-state index is -0.365. The first-order valence-corrected chi connectivity index (χ1v) is 8.34.